The molecule has 1 amide bonds. The molecule has 0 spiro atoms. The van der Waals surface area contributed by atoms with Gasteiger partial charge in [0.2, 0.25) is 11.5 Å². The number of ether oxygens (including phenoxy) is 3. The molecule has 1 aliphatic rings. The predicted molar refractivity (Wildman–Crippen MR) is 122 cm³/mol. The molecule has 1 saturated heterocycles. The summed E-state index contributed by atoms with van der Waals surface area (Å²) in [6, 6.07) is 6.63. The molecule has 4 rings (SSSR count). The van der Waals surface area contributed by atoms with Crippen LogP contribution in [0.25, 0.3) is 10.2 Å². The van der Waals surface area contributed by atoms with Gasteiger partial charge in [-0.3, -0.25) is 14.9 Å². The zero-order valence-corrected chi connectivity index (χ0v) is 18.7. The number of nitrogens with zero attached hydrogens (tertiary/aromatic N) is 3. The van der Waals surface area contributed by atoms with E-state index in [1.165, 1.54) is 27.4 Å². The minimum Gasteiger partial charge on any atom is -0.493 e. The fourth-order valence-corrected chi connectivity index (χ4v) is 4.78. The lowest BCUT2D eigenvalue weighted by Crippen LogP contribution is -2.16. The number of nitro groups is 1. The van der Waals surface area contributed by atoms with Crippen LogP contribution in [0.1, 0.15) is 23.2 Å². The number of carbonyl (C=O) groups excluding carboxylic acids is 1. The topological polar surface area (TPSA) is 116 Å². The molecular formula is C21H22N4O6S. The van der Waals surface area contributed by atoms with E-state index in [9.17, 15) is 14.9 Å². The monoisotopic (exact) mass is 458 g/mol. The van der Waals surface area contributed by atoms with Crippen LogP contribution < -0.4 is 24.4 Å². The maximum absolute atomic E-state index is 13.0. The minimum atomic E-state index is -0.676. The molecule has 0 radical (unpaired) electrons. The molecule has 0 unspecified atom stereocenters. The van der Waals surface area contributed by atoms with Crippen molar-refractivity contribution in [3.63, 3.8) is 0 Å². The summed E-state index contributed by atoms with van der Waals surface area (Å²) in [4.78, 5) is 31.1. The summed E-state index contributed by atoms with van der Waals surface area (Å²) >= 11 is 1.56. The Morgan fingerprint density at radius 2 is 1.84 bits per heavy atom. The summed E-state index contributed by atoms with van der Waals surface area (Å²) < 4.78 is 16.5. The Labute approximate surface area is 187 Å². The first kappa shape index (κ1) is 21.6. The Hall–Kier alpha value is -3.60. The highest BCUT2D eigenvalue weighted by Gasteiger charge is 2.32. The van der Waals surface area contributed by atoms with E-state index < -0.39 is 16.5 Å². The van der Waals surface area contributed by atoms with E-state index in [1.807, 2.05) is 12.1 Å². The SMILES string of the molecule is COc1cc(C(=O)Nc2ccc3nc(N4CCCC4)sc3c2)c([N+](=O)[O-])c(OC)c1OC. The van der Waals surface area contributed by atoms with Gasteiger partial charge >= 0.3 is 5.69 Å². The molecule has 1 fully saturated rings. The van der Waals surface area contributed by atoms with Gasteiger partial charge in [-0.25, -0.2) is 4.98 Å². The molecule has 1 N–H and O–H groups in total. The van der Waals surface area contributed by atoms with Crippen molar-refractivity contribution in [3.8, 4) is 17.2 Å². The van der Waals surface area contributed by atoms with Gasteiger partial charge in [0.1, 0.15) is 5.56 Å². The Bertz CT molecular complexity index is 1190. The van der Waals surface area contributed by atoms with Crippen LogP contribution in [0.5, 0.6) is 17.2 Å². The van der Waals surface area contributed by atoms with Gasteiger partial charge in [0.05, 0.1) is 36.5 Å². The number of thiazole rings is 1. The van der Waals surface area contributed by atoms with Gasteiger partial charge in [-0.05, 0) is 31.0 Å². The number of benzene rings is 2. The van der Waals surface area contributed by atoms with Gasteiger partial charge in [-0.2, -0.15) is 0 Å². The van der Waals surface area contributed by atoms with Crippen molar-refractivity contribution in [2.24, 2.45) is 0 Å². The second kappa shape index (κ2) is 8.87. The van der Waals surface area contributed by atoms with Gasteiger partial charge < -0.3 is 24.4 Å². The first-order valence-electron chi connectivity index (χ1n) is 9.91. The molecule has 0 atom stereocenters. The Morgan fingerprint density at radius 3 is 2.47 bits per heavy atom. The normalized spacial score (nSPS) is 13.3. The van der Waals surface area contributed by atoms with Crippen molar-refractivity contribution >= 4 is 44.0 Å². The summed E-state index contributed by atoms with van der Waals surface area (Å²) in [6.45, 7) is 1.99. The number of nitrogens with one attached hydrogen (secondary N) is 1. The lowest BCUT2D eigenvalue weighted by atomic mass is 10.1. The number of hydrogen-bond donors (Lipinski definition) is 1. The third-order valence-corrected chi connectivity index (χ3v) is 6.32. The Balaban J connectivity index is 1.68. The van der Waals surface area contributed by atoms with Crippen molar-refractivity contribution in [2.75, 3.05) is 44.6 Å². The van der Waals surface area contributed by atoms with Gasteiger partial charge in [-0.15, -0.1) is 0 Å². The van der Waals surface area contributed by atoms with E-state index in [0.29, 0.717) is 5.69 Å². The number of carbonyl (C=O) groups is 1. The van der Waals surface area contributed by atoms with Gasteiger partial charge in [-0.1, -0.05) is 11.3 Å². The molecule has 2 aromatic carbocycles. The highest BCUT2D eigenvalue weighted by atomic mass is 32.1. The maximum atomic E-state index is 13.0. The third kappa shape index (κ3) is 3.86. The molecule has 10 nitrogen and oxygen atoms in total. The van der Waals surface area contributed by atoms with Crippen LogP contribution in [0.4, 0.5) is 16.5 Å². The number of hydrogen-bond acceptors (Lipinski definition) is 9. The van der Waals surface area contributed by atoms with Crippen LogP contribution in [0.15, 0.2) is 24.3 Å². The Kier molecular flexibility index (Phi) is 5.99. The third-order valence-electron chi connectivity index (χ3n) is 5.24. The Morgan fingerprint density at radius 1 is 1.12 bits per heavy atom. The van der Waals surface area contributed by atoms with E-state index in [2.05, 4.69) is 15.2 Å². The number of nitro benzene ring substituents is 1. The first-order valence-corrected chi connectivity index (χ1v) is 10.7. The number of methoxy groups -OCH3 is 3. The molecule has 1 aliphatic heterocycles. The van der Waals surface area contributed by atoms with E-state index in [4.69, 9.17) is 14.2 Å². The van der Waals surface area contributed by atoms with Crippen LogP contribution >= 0.6 is 11.3 Å². The quantitative estimate of drug-likeness (QED) is 0.416. The zero-order chi connectivity index (χ0) is 22.8. The smallest absolute Gasteiger partial charge is 0.327 e. The van der Waals surface area contributed by atoms with E-state index in [0.717, 1.165) is 41.3 Å². The maximum Gasteiger partial charge on any atom is 0.327 e. The number of rotatable bonds is 7. The fraction of sp³-hybridized carbons (Fsp3) is 0.333. The van der Waals surface area contributed by atoms with Crippen LogP contribution in [0.3, 0.4) is 0 Å². The molecule has 0 aliphatic carbocycles. The summed E-state index contributed by atoms with van der Waals surface area (Å²) in [7, 11) is 3.98. The van der Waals surface area contributed by atoms with Crippen LogP contribution in [0.2, 0.25) is 0 Å². The molecule has 168 valence electrons. The highest BCUT2D eigenvalue weighted by Crippen LogP contribution is 2.46. The van der Waals surface area contributed by atoms with E-state index in [-0.39, 0.29) is 22.8 Å². The second-order valence-electron chi connectivity index (χ2n) is 7.13. The summed E-state index contributed by atoms with van der Waals surface area (Å²) in [5.74, 6) is -0.665. The van der Waals surface area contributed by atoms with Crippen LogP contribution in [-0.2, 0) is 0 Å². The minimum absolute atomic E-state index is 0.0405. The highest BCUT2D eigenvalue weighted by molar-refractivity contribution is 7.22. The van der Waals surface area contributed by atoms with E-state index >= 15 is 0 Å². The van der Waals surface area contributed by atoms with Gasteiger partial charge in [0.15, 0.2) is 10.9 Å². The van der Waals surface area contributed by atoms with Gasteiger partial charge in [0.25, 0.3) is 5.91 Å². The molecule has 2 heterocycles. The average Bonchev–Trinajstić information content (AvgIpc) is 3.46. The number of aromatic nitrogens is 1. The van der Waals surface area contributed by atoms with Crippen molar-refractivity contribution in [1.29, 1.82) is 0 Å². The fourth-order valence-electron chi connectivity index (χ4n) is 3.73. The number of anilines is 2. The molecular weight excluding hydrogens is 436 g/mol. The summed E-state index contributed by atoms with van der Waals surface area (Å²) in [5, 5.41) is 15.5. The van der Waals surface area contributed by atoms with Crippen molar-refractivity contribution in [1.82, 2.24) is 4.98 Å². The average molecular weight is 458 g/mol. The number of amides is 1. The first-order chi connectivity index (χ1) is 15.5. The summed E-state index contributed by atoms with van der Waals surface area (Å²) in [5.41, 5.74) is 0.639. The lowest BCUT2D eigenvalue weighted by Gasteiger charge is -2.15. The largest absolute Gasteiger partial charge is 0.493 e. The predicted octanol–water partition coefficient (Wildman–Crippen LogP) is 4.08. The molecule has 0 bridgehead atoms. The van der Waals surface area contributed by atoms with E-state index in [1.54, 1.807) is 17.4 Å². The molecule has 11 heteroatoms. The van der Waals surface area contributed by atoms with Crippen molar-refractivity contribution in [3.05, 3.63) is 39.9 Å². The lowest BCUT2D eigenvalue weighted by molar-refractivity contribution is -0.386. The van der Waals surface area contributed by atoms with Crippen molar-refractivity contribution in [2.45, 2.75) is 12.8 Å². The molecule has 1 aromatic heterocycles. The molecule has 32 heavy (non-hydrogen) atoms. The number of fused-ring (bicyclic) bond motifs is 1. The van der Waals surface area contributed by atoms with Crippen LogP contribution in [0, 0.1) is 10.1 Å². The van der Waals surface area contributed by atoms with Crippen molar-refractivity contribution < 1.29 is 23.9 Å². The van der Waals surface area contributed by atoms with Gasteiger partial charge in [0, 0.05) is 24.8 Å². The zero-order valence-electron chi connectivity index (χ0n) is 17.8. The molecule has 3 aromatic rings. The standard InChI is InChI=1S/C21H22N4O6S/c1-29-15-11-13(17(25(27)28)19(31-3)18(15)30-2)20(26)22-12-6-7-14-16(10-12)32-21(23-14)24-8-4-5-9-24/h6-7,10-11H,4-5,8-9H2,1-3H3,(H,22,26). The second-order valence-corrected chi connectivity index (χ2v) is 8.13. The summed E-state index contributed by atoms with van der Waals surface area (Å²) in [6.07, 6.45) is 2.32. The van der Waals surface area contributed by atoms with Crippen LogP contribution in [-0.4, -0.2) is 50.2 Å². The molecule has 0 saturated carbocycles.